The van der Waals surface area contributed by atoms with Crippen molar-refractivity contribution in [1.29, 1.82) is 0 Å². The molecule has 1 aromatic heterocycles. The first-order valence-corrected chi connectivity index (χ1v) is 9.23. The summed E-state index contributed by atoms with van der Waals surface area (Å²) < 4.78 is 2.34. The average Bonchev–Trinajstić information content (AvgIpc) is 2.65. The van der Waals surface area contributed by atoms with Crippen LogP contribution in [0.2, 0.25) is 5.02 Å². The normalized spacial score (nSPS) is 10.9. The summed E-state index contributed by atoms with van der Waals surface area (Å²) in [7, 11) is 0. The summed E-state index contributed by atoms with van der Waals surface area (Å²) in [6, 6.07) is 17.8. The van der Waals surface area contributed by atoms with Gasteiger partial charge in [-0.15, -0.1) is 0 Å². The van der Waals surface area contributed by atoms with Crippen LogP contribution in [0.4, 0.5) is 0 Å². The van der Waals surface area contributed by atoms with Gasteiger partial charge in [-0.1, -0.05) is 57.9 Å². The van der Waals surface area contributed by atoms with Crippen molar-refractivity contribution >= 4 is 39.7 Å². The number of pyridine rings is 1. The number of halogens is 2. The van der Waals surface area contributed by atoms with Crippen LogP contribution in [0.15, 0.2) is 81.2 Å². The molecule has 3 aromatic rings. The first-order chi connectivity index (χ1) is 13.0. The van der Waals surface area contributed by atoms with E-state index in [9.17, 15) is 9.59 Å². The molecule has 0 bridgehead atoms. The molecule has 1 amide bonds. The quantitative estimate of drug-likeness (QED) is 0.476. The predicted octanol–water partition coefficient (Wildman–Crippen LogP) is 4.08. The monoisotopic (exact) mass is 443 g/mol. The lowest BCUT2D eigenvalue weighted by molar-refractivity contribution is 0.0953. The standard InChI is InChI=1S/C20H15BrClN3O2/c21-16-7-3-5-14(11-16)12-23-24-19(26)17-8-4-10-25(20(17)27)13-15-6-1-2-9-18(15)22/h1-12H,13H2,(H,24,26)/b23-12-. The van der Waals surface area contributed by atoms with E-state index in [0.717, 1.165) is 15.6 Å². The van der Waals surface area contributed by atoms with Crippen LogP contribution in [0.25, 0.3) is 0 Å². The molecule has 1 heterocycles. The first-order valence-electron chi connectivity index (χ1n) is 8.06. The van der Waals surface area contributed by atoms with Crippen LogP contribution in [-0.4, -0.2) is 16.7 Å². The van der Waals surface area contributed by atoms with E-state index < -0.39 is 11.5 Å². The Balaban J connectivity index is 1.76. The summed E-state index contributed by atoms with van der Waals surface area (Å²) in [5.74, 6) is -0.570. The molecule has 0 aliphatic heterocycles. The summed E-state index contributed by atoms with van der Waals surface area (Å²) in [6.45, 7) is 0.279. The number of nitrogens with one attached hydrogen (secondary N) is 1. The van der Waals surface area contributed by atoms with Gasteiger partial charge in [-0.3, -0.25) is 9.59 Å². The molecular weight excluding hydrogens is 430 g/mol. The molecule has 0 unspecified atom stereocenters. The van der Waals surface area contributed by atoms with Crippen molar-refractivity contribution in [2.24, 2.45) is 5.10 Å². The van der Waals surface area contributed by atoms with Gasteiger partial charge in [0, 0.05) is 15.7 Å². The van der Waals surface area contributed by atoms with E-state index in [1.54, 1.807) is 18.3 Å². The summed E-state index contributed by atoms with van der Waals surface area (Å²) in [5, 5.41) is 4.48. The molecular formula is C20H15BrClN3O2. The predicted molar refractivity (Wildman–Crippen MR) is 110 cm³/mol. The molecule has 0 aliphatic rings. The molecule has 0 radical (unpaired) electrons. The Labute approximate surface area is 169 Å². The number of carbonyl (C=O) groups excluding carboxylic acids is 1. The van der Waals surface area contributed by atoms with Gasteiger partial charge in [-0.25, -0.2) is 5.43 Å². The Morgan fingerprint density at radius 1 is 1.15 bits per heavy atom. The van der Waals surface area contributed by atoms with E-state index in [0.29, 0.717) is 5.02 Å². The van der Waals surface area contributed by atoms with Crippen LogP contribution in [0.1, 0.15) is 21.5 Å². The number of benzene rings is 2. The fourth-order valence-corrected chi connectivity index (χ4v) is 3.07. The van der Waals surface area contributed by atoms with Gasteiger partial charge in [0.05, 0.1) is 12.8 Å². The highest BCUT2D eigenvalue weighted by atomic mass is 79.9. The molecule has 136 valence electrons. The van der Waals surface area contributed by atoms with Gasteiger partial charge in [0.2, 0.25) is 0 Å². The third-order valence-electron chi connectivity index (χ3n) is 3.79. The largest absolute Gasteiger partial charge is 0.310 e. The summed E-state index contributed by atoms with van der Waals surface area (Å²) in [4.78, 5) is 24.9. The number of hydrazone groups is 1. The number of nitrogens with zero attached hydrogens (tertiary/aromatic N) is 2. The van der Waals surface area contributed by atoms with Crippen LogP contribution in [0.3, 0.4) is 0 Å². The fraction of sp³-hybridized carbons (Fsp3) is 0.0500. The zero-order chi connectivity index (χ0) is 19.2. The van der Waals surface area contributed by atoms with Gasteiger partial charge in [-0.05, 0) is 41.5 Å². The molecule has 2 aromatic carbocycles. The van der Waals surface area contributed by atoms with E-state index >= 15 is 0 Å². The van der Waals surface area contributed by atoms with Gasteiger partial charge in [0.15, 0.2) is 0 Å². The minimum absolute atomic E-state index is 0.0101. The maximum absolute atomic E-state index is 12.6. The average molecular weight is 445 g/mol. The van der Waals surface area contributed by atoms with Crippen molar-refractivity contribution in [1.82, 2.24) is 9.99 Å². The van der Waals surface area contributed by atoms with Crippen molar-refractivity contribution < 1.29 is 4.79 Å². The van der Waals surface area contributed by atoms with Crippen LogP contribution < -0.4 is 11.0 Å². The summed E-state index contributed by atoms with van der Waals surface area (Å²) in [5.41, 5.74) is 3.60. The van der Waals surface area contributed by atoms with E-state index in [1.807, 2.05) is 42.5 Å². The molecule has 5 nitrogen and oxygen atoms in total. The number of aromatic nitrogens is 1. The summed E-state index contributed by atoms with van der Waals surface area (Å²) >= 11 is 9.52. The van der Waals surface area contributed by atoms with E-state index in [4.69, 9.17) is 11.6 Å². The Kier molecular flexibility index (Phi) is 6.21. The van der Waals surface area contributed by atoms with Crippen LogP contribution >= 0.6 is 27.5 Å². The summed E-state index contributed by atoms with van der Waals surface area (Å²) in [6.07, 6.45) is 3.13. The number of carbonyl (C=O) groups is 1. The molecule has 1 N–H and O–H groups in total. The molecule has 0 atom stereocenters. The van der Waals surface area contributed by atoms with Crippen LogP contribution in [0, 0.1) is 0 Å². The smallest absolute Gasteiger partial charge is 0.276 e. The number of hydrogen-bond donors (Lipinski definition) is 1. The van der Waals surface area contributed by atoms with E-state index in [-0.39, 0.29) is 12.1 Å². The fourth-order valence-electron chi connectivity index (χ4n) is 2.46. The second kappa shape index (κ2) is 8.79. The zero-order valence-corrected chi connectivity index (χ0v) is 16.4. The highest BCUT2D eigenvalue weighted by Gasteiger charge is 2.12. The minimum Gasteiger partial charge on any atom is -0.310 e. The van der Waals surface area contributed by atoms with Crippen molar-refractivity contribution in [2.75, 3.05) is 0 Å². The zero-order valence-electron chi connectivity index (χ0n) is 14.1. The topological polar surface area (TPSA) is 63.5 Å². The lowest BCUT2D eigenvalue weighted by Gasteiger charge is -2.09. The van der Waals surface area contributed by atoms with Gasteiger partial charge in [-0.2, -0.15) is 5.10 Å². The Hall–Kier alpha value is -2.70. The van der Waals surface area contributed by atoms with Crippen molar-refractivity contribution in [3.05, 3.63) is 103 Å². The van der Waals surface area contributed by atoms with Gasteiger partial charge < -0.3 is 4.57 Å². The van der Waals surface area contributed by atoms with Crippen molar-refractivity contribution in [3.63, 3.8) is 0 Å². The lowest BCUT2D eigenvalue weighted by atomic mass is 10.2. The molecule has 0 fully saturated rings. The first kappa shape index (κ1) is 19.1. The third-order valence-corrected chi connectivity index (χ3v) is 4.65. The second-order valence-corrected chi connectivity index (χ2v) is 7.02. The molecule has 3 rings (SSSR count). The molecule has 0 saturated heterocycles. The SMILES string of the molecule is O=C(N/N=C\c1cccc(Br)c1)c1cccn(Cc2ccccc2Cl)c1=O. The van der Waals surface area contributed by atoms with E-state index in [2.05, 4.69) is 26.5 Å². The van der Waals surface area contributed by atoms with Crippen LogP contribution in [-0.2, 0) is 6.54 Å². The number of rotatable bonds is 5. The molecule has 0 aliphatic carbocycles. The van der Waals surface area contributed by atoms with Gasteiger partial charge in [0.1, 0.15) is 5.56 Å². The molecule has 7 heteroatoms. The lowest BCUT2D eigenvalue weighted by Crippen LogP contribution is -2.30. The van der Waals surface area contributed by atoms with E-state index in [1.165, 1.54) is 16.8 Å². The molecule has 27 heavy (non-hydrogen) atoms. The number of amides is 1. The maximum atomic E-state index is 12.6. The highest BCUT2D eigenvalue weighted by molar-refractivity contribution is 9.10. The Bertz CT molecular complexity index is 1060. The second-order valence-electron chi connectivity index (χ2n) is 5.70. The maximum Gasteiger partial charge on any atom is 0.276 e. The van der Waals surface area contributed by atoms with Gasteiger partial charge in [0.25, 0.3) is 11.5 Å². The molecule has 0 spiro atoms. The van der Waals surface area contributed by atoms with Gasteiger partial charge >= 0.3 is 0 Å². The van der Waals surface area contributed by atoms with Crippen LogP contribution in [0.5, 0.6) is 0 Å². The Morgan fingerprint density at radius 3 is 2.74 bits per heavy atom. The third kappa shape index (κ3) is 4.93. The van der Waals surface area contributed by atoms with Crippen molar-refractivity contribution in [2.45, 2.75) is 6.54 Å². The molecule has 0 saturated carbocycles. The minimum atomic E-state index is -0.570. The Morgan fingerprint density at radius 2 is 1.96 bits per heavy atom. The highest BCUT2D eigenvalue weighted by Crippen LogP contribution is 2.15. The van der Waals surface area contributed by atoms with Crippen molar-refractivity contribution in [3.8, 4) is 0 Å². The number of hydrogen-bond acceptors (Lipinski definition) is 3.